The molecule has 4 rings (SSSR count). The summed E-state index contributed by atoms with van der Waals surface area (Å²) >= 11 is 3.36. The minimum absolute atomic E-state index is 0.467. The van der Waals surface area contributed by atoms with Gasteiger partial charge in [-0.2, -0.15) is 5.26 Å². The number of aromatic nitrogens is 2. The fraction of sp³-hybridized carbons (Fsp3) is 0.421. The monoisotopic (exact) mass is 431 g/mol. The van der Waals surface area contributed by atoms with E-state index in [1.54, 1.807) is 6.07 Å². The van der Waals surface area contributed by atoms with Gasteiger partial charge in [0, 0.05) is 26.2 Å². The number of anilines is 2. The van der Waals surface area contributed by atoms with Crippen molar-refractivity contribution in [3.63, 3.8) is 0 Å². The zero-order valence-electron chi connectivity index (χ0n) is 15.1. The molecule has 0 unspecified atom stereocenters. The highest BCUT2D eigenvalue weighted by atomic mass is 79.9. The minimum atomic E-state index is 0.467. The average Bonchev–Trinajstić information content (AvgIpc) is 2.75. The predicted molar refractivity (Wildman–Crippen MR) is 107 cm³/mol. The number of hydrogen-bond donors (Lipinski definition) is 0. The molecule has 2 fully saturated rings. The number of pyridine rings is 2. The van der Waals surface area contributed by atoms with Crippen LogP contribution in [0.1, 0.15) is 5.69 Å². The number of nitriles is 1. The van der Waals surface area contributed by atoms with Gasteiger partial charge in [0.05, 0.1) is 26.4 Å². The highest BCUT2D eigenvalue weighted by Crippen LogP contribution is 2.15. The van der Waals surface area contributed by atoms with Gasteiger partial charge in [-0.15, -0.1) is 0 Å². The summed E-state index contributed by atoms with van der Waals surface area (Å²) in [7, 11) is 0. The van der Waals surface area contributed by atoms with Crippen molar-refractivity contribution in [3.05, 3.63) is 46.7 Å². The predicted octanol–water partition coefficient (Wildman–Crippen LogP) is 2.47. The fourth-order valence-corrected chi connectivity index (χ4v) is 3.15. The van der Waals surface area contributed by atoms with Crippen molar-refractivity contribution in [3.8, 4) is 6.07 Å². The average molecular weight is 432 g/mol. The minimum Gasteiger partial charge on any atom is -0.378 e. The third-order valence-electron chi connectivity index (χ3n) is 4.22. The van der Waals surface area contributed by atoms with E-state index in [4.69, 9.17) is 14.7 Å². The van der Waals surface area contributed by atoms with E-state index in [1.807, 2.05) is 36.4 Å². The number of rotatable bonds is 2. The first-order chi connectivity index (χ1) is 13.3. The van der Waals surface area contributed by atoms with E-state index in [0.29, 0.717) is 5.69 Å². The van der Waals surface area contributed by atoms with Crippen LogP contribution in [0.5, 0.6) is 0 Å². The summed E-state index contributed by atoms with van der Waals surface area (Å²) < 4.78 is 11.4. The lowest BCUT2D eigenvalue weighted by Crippen LogP contribution is -2.36. The van der Waals surface area contributed by atoms with Crippen LogP contribution in [0.3, 0.4) is 0 Å². The Labute approximate surface area is 167 Å². The second kappa shape index (κ2) is 10.2. The highest BCUT2D eigenvalue weighted by molar-refractivity contribution is 9.10. The molecule has 0 spiro atoms. The van der Waals surface area contributed by atoms with Crippen molar-refractivity contribution in [2.75, 3.05) is 62.4 Å². The van der Waals surface area contributed by atoms with Crippen molar-refractivity contribution >= 4 is 27.6 Å². The molecule has 2 aliphatic rings. The zero-order chi connectivity index (χ0) is 18.9. The van der Waals surface area contributed by atoms with Gasteiger partial charge in [-0.1, -0.05) is 12.1 Å². The Balaban J connectivity index is 0.000000156. The normalized spacial score (nSPS) is 16.9. The van der Waals surface area contributed by atoms with Gasteiger partial charge >= 0.3 is 0 Å². The lowest BCUT2D eigenvalue weighted by atomic mass is 10.3. The quantitative estimate of drug-likeness (QED) is 0.675. The molecule has 0 aliphatic carbocycles. The summed E-state index contributed by atoms with van der Waals surface area (Å²) in [6, 6.07) is 13.5. The molecule has 0 N–H and O–H groups in total. The Kier molecular flexibility index (Phi) is 7.39. The summed E-state index contributed by atoms with van der Waals surface area (Å²) in [6.45, 7) is 6.63. The van der Waals surface area contributed by atoms with E-state index < -0.39 is 0 Å². The number of nitrogens with zero attached hydrogens (tertiary/aromatic N) is 5. The van der Waals surface area contributed by atoms with Crippen molar-refractivity contribution in [2.45, 2.75) is 0 Å². The number of ether oxygens (including phenoxy) is 2. The summed E-state index contributed by atoms with van der Waals surface area (Å²) in [4.78, 5) is 13.0. The lowest BCUT2D eigenvalue weighted by Gasteiger charge is -2.27. The molecular formula is C19H22BrN5O2. The van der Waals surface area contributed by atoms with E-state index in [-0.39, 0.29) is 0 Å². The van der Waals surface area contributed by atoms with E-state index in [9.17, 15) is 0 Å². The van der Waals surface area contributed by atoms with Crippen molar-refractivity contribution < 1.29 is 9.47 Å². The van der Waals surface area contributed by atoms with Crippen molar-refractivity contribution in [1.29, 1.82) is 5.26 Å². The maximum atomic E-state index is 8.70. The molecule has 7 nitrogen and oxygen atoms in total. The molecule has 0 radical (unpaired) electrons. The first-order valence-electron chi connectivity index (χ1n) is 8.91. The first kappa shape index (κ1) is 19.5. The maximum Gasteiger partial charge on any atom is 0.142 e. The second-order valence-electron chi connectivity index (χ2n) is 6.01. The van der Waals surface area contributed by atoms with Gasteiger partial charge in [0.2, 0.25) is 0 Å². The SMILES string of the molecule is Brc1cccc(N2CCOCC2)n1.N#Cc1cccc(N2CCOCC2)n1. The van der Waals surface area contributed by atoms with Crippen LogP contribution in [-0.2, 0) is 9.47 Å². The van der Waals surface area contributed by atoms with Crippen LogP contribution in [0.2, 0.25) is 0 Å². The number of hydrogen-bond acceptors (Lipinski definition) is 7. The second-order valence-corrected chi connectivity index (χ2v) is 6.82. The molecule has 27 heavy (non-hydrogen) atoms. The molecule has 2 aliphatic heterocycles. The Morgan fingerprint density at radius 2 is 1.33 bits per heavy atom. The fourth-order valence-electron chi connectivity index (χ4n) is 2.82. The lowest BCUT2D eigenvalue weighted by molar-refractivity contribution is 0.122. The molecule has 2 aromatic rings. The van der Waals surface area contributed by atoms with Gasteiger partial charge in [0.1, 0.15) is 28.0 Å². The van der Waals surface area contributed by atoms with Crippen molar-refractivity contribution in [1.82, 2.24) is 9.97 Å². The van der Waals surface area contributed by atoms with Crippen LogP contribution in [0, 0.1) is 11.3 Å². The Morgan fingerprint density at radius 3 is 1.85 bits per heavy atom. The van der Waals surface area contributed by atoms with Gasteiger partial charge in [0.25, 0.3) is 0 Å². The molecule has 2 saturated heterocycles. The standard InChI is InChI=1S/C10H11N3O.C9H11BrN2O/c11-8-9-2-1-3-10(12-9)13-4-6-14-7-5-13;10-8-2-1-3-9(11-8)12-4-6-13-7-5-12/h1-3H,4-7H2;1-3H,4-7H2. The molecular weight excluding hydrogens is 410 g/mol. The Hall–Kier alpha value is -2.21. The third-order valence-corrected chi connectivity index (χ3v) is 4.66. The summed E-state index contributed by atoms with van der Waals surface area (Å²) in [6.07, 6.45) is 0. The first-order valence-corrected chi connectivity index (χ1v) is 9.70. The molecule has 2 aromatic heterocycles. The molecule has 0 saturated carbocycles. The topological polar surface area (TPSA) is 74.5 Å². The molecule has 0 atom stereocenters. The summed E-state index contributed by atoms with van der Waals surface area (Å²) in [5.74, 6) is 1.89. The van der Waals surface area contributed by atoms with Crippen LogP contribution in [-0.4, -0.2) is 62.6 Å². The molecule has 142 valence electrons. The van der Waals surface area contributed by atoms with Crippen molar-refractivity contribution in [2.24, 2.45) is 0 Å². The molecule has 0 aromatic carbocycles. The van der Waals surface area contributed by atoms with Gasteiger partial charge in [-0.3, -0.25) is 0 Å². The molecule has 4 heterocycles. The molecule has 0 bridgehead atoms. The van der Waals surface area contributed by atoms with Crippen LogP contribution in [0.15, 0.2) is 41.0 Å². The van der Waals surface area contributed by atoms with E-state index in [2.05, 4.69) is 35.7 Å². The van der Waals surface area contributed by atoms with Gasteiger partial charge < -0.3 is 19.3 Å². The largest absolute Gasteiger partial charge is 0.378 e. The van der Waals surface area contributed by atoms with Crippen LogP contribution < -0.4 is 9.80 Å². The molecule has 8 heteroatoms. The number of halogens is 1. The maximum absolute atomic E-state index is 8.70. The highest BCUT2D eigenvalue weighted by Gasteiger charge is 2.12. The molecule has 0 amide bonds. The Bertz CT molecular complexity index is 771. The van der Waals surface area contributed by atoms with Gasteiger partial charge in [0.15, 0.2) is 0 Å². The summed E-state index contributed by atoms with van der Waals surface area (Å²) in [5.41, 5.74) is 0.467. The third kappa shape index (κ3) is 5.89. The summed E-state index contributed by atoms with van der Waals surface area (Å²) in [5, 5.41) is 8.70. The van der Waals surface area contributed by atoms with Crippen LogP contribution in [0.25, 0.3) is 0 Å². The van der Waals surface area contributed by atoms with Gasteiger partial charge in [-0.25, -0.2) is 9.97 Å². The smallest absolute Gasteiger partial charge is 0.142 e. The Morgan fingerprint density at radius 1 is 0.815 bits per heavy atom. The van der Waals surface area contributed by atoms with E-state index in [1.165, 1.54) is 0 Å². The van der Waals surface area contributed by atoms with Gasteiger partial charge in [-0.05, 0) is 40.2 Å². The van der Waals surface area contributed by atoms with Crippen LogP contribution >= 0.6 is 15.9 Å². The zero-order valence-corrected chi connectivity index (χ0v) is 16.6. The van der Waals surface area contributed by atoms with Crippen LogP contribution in [0.4, 0.5) is 11.6 Å². The van der Waals surface area contributed by atoms with E-state index >= 15 is 0 Å². The number of morpholine rings is 2. The van der Waals surface area contributed by atoms with E-state index in [0.717, 1.165) is 68.8 Å².